The molecule has 0 amide bonds. The molecule has 6 heteroatoms. The number of hydrogen-bond acceptors (Lipinski definition) is 5. The number of aromatic nitrogens is 4. The lowest BCUT2D eigenvalue weighted by molar-refractivity contribution is 0.411. The van der Waals surface area contributed by atoms with Gasteiger partial charge >= 0.3 is 0 Å². The number of benzene rings is 1. The maximum Gasteiger partial charge on any atom is 0.247 e. The molecule has 1 atom stereocenters. The van der Waals surface area contributed by atoms with Crippen LogP contribution in [0.2, 0.25) is 0 Å². The number of nitrogens with zero attached hydrogens (tertiary/aromatic N) is 4. The predicted octanol–water partition coefficient (Wildman–Crippen LogP) is 2.28. The van der Waals surface area contributed by atoms with Gasteiger partial charge in [0.1, 0.15) is 0 Å². The van der Waals surface area contributed by atoms with E-state index in [0.717, 1.165) is 18.7 Å². The van der Waals surface area contributed by atoms with Gasteiger partial charge in [-0.15, -0.1) is 10.2 Å². The molecule has 0 aliphatic carbocycles. The molecule has 1 N–H and O–H groups in total. The van der Waals surface area contributed by atoms with Crippen molar-refractivity contribution >= 4 is 0 Å². The monoisotopic (exact) mass is 283 g/mol. The van der Waals surface area contributed by atoms with Gasteiger partial charge in [-0.25, -0.2) is 0 Å². The van der Waals surface area contributed by atoms with Crippen LogP contribution in [0, 0.1) is 0 Å². The molecule has 0 spiro atoms. The highest BCUT2D eigenvalue weighted by molar-refractivity contribution is 5.51. The van der Waals surface area contributed by atoms with Crippen molar-refractivity contribution in [1.29, 1.82) is 0 Å². The molecule has 0 saturated carbocycles. The zero-order valence-electron chi connectivity index (χ0n) is 11.8. The van der Waals surface area contributed by atoms with E-state index >= 15 is 0 Å². The summed E-state index contributed by atoms with van der Waals surface area (Å²) < 4.78 is 7.59. The summed E-state index contributed by atoms with van der Waals surface area (Å²) in [5.74, 6) is 1.14. The Morgan fingerprint density at radius 1 is 1.19 bits per heavy atom. The van der Waals surface area contributed by atoms with Crippen LogP contribution in [0.1, 0.15) is 18.9 Å². The highest BCUT2D eigenvalue weighted by Gasteiger charge is 2.14. The lowest BCUT2D eigenvalue weighted by Crippen LogP contribution is -2.23. The van der Waals surface area contributed by atoms with Gasteiger partial charge in [-0.1, -0.05) is 18.2 Å². The van der Waals surface area contributed by atoms with Crippen LogP contribution in [-0.2, 0) is 6.54 Å². The van der Waals surface area contributed by atoms with Crippen LogP contribution >= 0.6 is 0 Å². The average molecular weight is 283 g/mol. The molecule has 108 valence electrons. The molecule has 1 aromatic carbocycles. The Morgan fingerprint density at radius 2 is 2.05 bits per heavy atom. The molecule has 0 aliphatic heterocycles. The topological polar surface area (TPSA) is 68.8 Å². The fraction of sp³-hybridized carbons (Fsp3) is 0.267. The van der Waals surface area contributed by atoms with Crippen molar-refractivity contribution in [2.75, 3.05) is 6.54 Å². The van der Waals surface area contributed by atoms with Crippen molar-refractivity contribution in [3.63, 3.8) is 0 Å². The van der Waals surface area contributed by atoms with Gasteiger partial charge in [0.15, 0.2) is 0 Å². The van der Waals surface area contributed by atoms with Crippen molar-refractivity contribution in [3.05, 3.63) is 54.7 Å². The van der Waals surface area contributed by atoms with Crippen LogP contribution in [0.4, 0.5) is 0 Å². The Morgan fingerprint density at radius 3 is 2.81 bits per heavy atom. The first kappa shape index (κ1) is 13.5. The Balaban J connectivity index is 1.58. The van der Waals surface area contributed by atoms with Crippen molar-refractivity contribution in [2.45, 2.75) is 19.5 Å². The second-order valence-electron chi connectivity index (χ2n) is 4.76. The van der Waals surface area contributed by atoms with Crippen LogP contribution in [0.3, 0.4) is 0 Å². The number of hydrogen-bond donors (Lipinski definition) is 1. The fourth-order valence-electron chi connectivity index (χ4n) is 2.02. The number of rotatable bonds is 6. The fourth-order valence-corrected chi connectivity index (χ4v) is 2.02. The summed E-state index contributed by atoms with van der Waals surface area (Å²) in [5, 5.41) is 15.7. The first-order chi connectivity index (χ1) is 10.3. The molecule has 3 rings (SSSR count). The van der Waals surface area contributed by atoms with E-state index in [1.165, 1.54) is 0 Å². The van der Waals surface area contributed by atoms with Gasteiger partial charge in [0.25, 0.3) is 0 Å². The minimum atomic E-state index is 0.00512. The third-order valence-electron chi connectivity index (χ3n) is 3.18. The molecule has 0 bridgehead atoms. The minimum absolute atomic E-state index is 0.00512. The van der Waals surface area contributed by atoms with E-state index in [1.807, 2.05) is 54.2 Å². The molecule has 21 heavy (non-hydrogen) atoms. The molecule has 3 aromatic rings. The lowest BCUT2D eigenvalue weighted by Gasteiger charge is -2.09. The van der Waals surface area contributed by atoms with E-state index < -0.39 is 0 Å². The van der Waals surface area contributed by atoms with Gasteiger partial charge < -0.3 is 9.73 Å². The normalized spacial score (nSPS) is 12.4. The van der Waals surface area contributed by atoms with Crippen molar-refractivity contribution < 1.29 is 4.42 Å². The van der Waals surface area contributed by atoms with Gasteiger partial charge in [-0.05, 0) is 25.1 Å². The van der Waals surface area contributed by atoms with Gasteiger partial charge in [0.05, 0.1) is 12.6 Å². The molecular formula is C15H17N5O. The largest absolute Gasteiger partial charge is 0.419 e. The molecule has 2 heterocycles. The van der Waals surface area contributed by atoms with Crippen LogP contribution < -0.4 is 5.32 Å². The van der Waals surface area contributed by atoms with Gasteiger partial charge in [-0.2, -0.15) is 5.10 Å². The Hall–Kier alpha value is -2.47. The van der Waals surface area contributed by atoms with Crippen molar-refractivity contribution in [1.82, 2.24) is 25.3 Å². The summed E-state index contributed by atoms with van der Waals surface area (Å²) in [4.78, 5) is 0. The second kappa shape index (κ2) is 6.32. The highest BCUT2D eigenvalue weighted by Crippen LogP contribution is 2.19. The van der Waals surface area contributed by atoms with Crippen LogP contribution in [0.5, 0.6) is 0 Å². The molecule has 0 fully saturated rings. The first-order valence-electron chi connectivity index (χ1n) is 6.92. The van der Waals surface area contributed by atoms with Gasteiger partial charge in [0, 0.05) is 24.5 Å². The SMILES string of the molecule is C[C@@H](NCCn1cccn1)c1nnc(-c2ccccc2)o1. The van der Waals surface area contributed by atoms with Crippen molar-refractivity contribution in [2.24, 2.45) is 0 Å². The smallest absolute Gasteiger partial charge is 0.247 e. The standard InChI is InChI=1S/C15H17N5O/c1-12(16-9-11-20-10-5-8-17-20)14-18-19-15(21-14)13-6-3-2-4-7-13/h2-8,10,12,16H,9,11H2,1H3/t12-/m1/s1. The first-order valence-corrected chi connectivity index (χ1v) is 6.92. The van der Waals surface area contributed by atoms with E-state index in [2.05, 4.69) is 20.6 Å². The third-order valence-corrected chi connectivity index (χ3v) is 3.18. The van der Waals surface area contributed by atoms with Gasteiger partial charge in [0.2, 0.25) is 11.8 Å². The zero-order chi connectivity index (χ0) is 14.5. The van der Waals surface area contributed by atoms with E-state index in [1.54, 1.807) is 6.20 Å². The summed E-state index contributed by atoms with van der Waals surface area (Å²) in [6.07, 6.45) is 3.71. The lowest BCUT2D eigenvalue weighted by atomic mass is 10.2. The van der Waals surface area contributed by atoms with Gasteiger partial charge in [-0.3, -0.25) is 4.68 Å². The summed E-state index contributed by atoms with van der Waals surface area (Å²) in [7, 11) is 0. The summed E-state index contributed by atoms with van der Waals surface area (Å²) in [5.41, 5.74) is 0.931. The molecule has 0 aliphatic rings. The maximum atomic E-state index is 5.71. The molecule has 2 aromatic heterocycles. The Bertz CT molecular complexity index is 662. The van der Waals surface area contributed by atoms with E-state index in [4.69, 9.17) is 4.42 Å². The van der Waals surface area contributed by atoms with Crippen LogP contribution in [-0.4, -0.2) is 26.5 Å². The van der Waals surface area contributed by atoms with E-state index in [0.29, 0.717) is 11.8 Å². The quantitative estimate of drug-likeness (QED) is 0.751. The summed E-state index contributed by atoms with van der Waals surface area (Å²) in [6.45, 7) is 3.59. The molecule has 6 nitrogen and oxygen atoms in total. The second-order valence-corrected chi connectivity index (χ2v) is 4.76. The summed E-state index contributed by atoms with van der Waals surface area (Å²) in [6, 6.07) is 11.7. The highest BCUT2D eigenvalue weighted by atomic mass is 16.4. The van der Waals surface area contributed by atoms with E-state index in [-0.39, 0.29) is 6.04 Å². The molecular weight excluding hydrogens is 266 g/mol. The molecule has 0 unspecified atom stereocenters. The Kier molecular flexibility index (Phi) is 4.07. The average Bonchev–Trinajstić information content (AvgIpc) is 3.20. The maximum absolute atomic E-state index is 5.71. The van der Waals surface area contributed by atoms with Crippen LogP contribution in [0.15, 0.2) is 53.2 Å². The molecule has 0 radical (unpaired) electrons. The van der Waals surface area contributed by atoms with E-state index in [9.17, 15) is 0 Å². The third kappa shape index (κ3) is 3.35. The predicted molar refractivity (Wildman–Crippen MR) is 78.4 cm³/mol. The van der Waals surface area contributed by atoms with Crippen molar-refractivity contribution in [3.8, 4) is 11.5 Å². The Labute approximate surface area is 122 Å². The van der Waals surface area contributed by atoms with Crippen LogP contribution in [0.25, 0.3) is 11.5 Å². The summed E-state index contributed by atoms with van der Waals surface area (Å²) >= 11 is 0. The minimum Gasteiger partial charge on any atom is -0.419 e. The molecule has 0 saturated heterocycles. The number of nitrogens with one attached hydrogen (secondary N) is 1. The zero-order valence-corrected chi connectivity index (χ0v) is 11.8.